The highest BCUT2D eigenvalue weighted by Gasteiger charge is 2.09. The molecule has 0 unspecified atom stereocenters. The Morgan fingerprint density at radius 1 is 1.05 bits per heavy atom. The standard InChI is InChI=1S/C14H12N2O5/c17-11-4-9(5-12(18)6-11)13(19)16-7-10-3-8(14(20)21)1-2-15-10/h1-6,17-18H,7H2,(H,16,19)(H,20,21). The number of carboxylic acid groups (broad SMARTS) is 1. The zero-order valence-electron chi connectivity index (χ0n) is 10.8. The number of carboxylic acids is 1. The SMILES string of the molecule is O=C(O)c1ccnc(CNC(=O)c2cc(O)cc(O)c2)c1. The number of carbonyl (C=O) groups is 2. The van der Waals surface area contributed by atoms with E-state index in [0.29, 0.717) is 5.69 Å². The lowest BCUT2D eigenvalue weighted by Gasteiger charge is -2.06. The van der Waals surface area contributed by atoms with Crippen molar-refractivity contribution in [2.75, 3.05) is 0 Å². The van der Waals surface area contributed by atoms with Gasteiger partial charge in [0.1, 0.15) is 11.5 Å². The third kappa shape index (κ3) is 3.69. The summed E-state index contributed by atoms with van der Waals surface area (Å²) in [5, 5.41) is 30.0. The molecule has 0 bridgehead atoms. The van der Waals surface area contributed by atoms with Crippen molar-refractivity contribution in [1.29, 1.82) is 0 Å². The van der Waals surface area contributed by atoms with E-state index in [4.69, 9.17) is 5.11 Å². The summed E-state index contributed by atoms with van der Waals surface area (Å²) in [4.78, 5) is 26.6. The molecule has 0 aliphatic rings. The van der Waals surface area contributed by atoms with Gasteiger partial charge in [-0.15, -0.1) is 0 Å². The Balaban J connectivity index is 2.07. The predicted octanol–water partition coefficient (Wildman–Crippen LogP) is 1.12. The molecule has 21 heavy (non-hydrogen) atoms. The second-order valence-corrected chi connectivity index (χ2v) is 4.26. The molecule has 0 fully saturated rings. The first-order chi connectivity index (χ1) is 9.95. The number of hydrogen-bond acceptors (Lipinski definition) is 5. The molecule has 7 nitrogen and oxygen atoms in total. The average Bonchev–Trinajstić information content (AvgIpc) is 2.44. The number of benzene rings is 1. The van der Waals surface area contributed by atoms with Crippen LogP contribution in [0.2, 0.25) is 0 Å². The van der Waals surface area contributed by atoms with Crippen molar-refractivity contribution in [3.63, 3.8) is 0 Å². The average molecular weight is 288 g/mol. The number of aromatic carboxylic acids is 1. The van der Waals surface area contributed by atoms with Crippen LogP contribution in [0.25, 0.3) is 0 Å². The number of phenolic OH excluding ortho intramolecular Hbond substituents is 2. The molecule has 1 amide bonds. The van der Waals surface area contributed by atoms with Gasteiger partial charge in [-0.2, -0.15) is 0 Å². The first-order valence-corrected chi connectivity index (χ1v) is 5.95. The van der Waals surface area contributed by atoms with Crippen molar-refractivity contribution < 1.29 is 24.9 Å². The van der Waals surface area contributed by atoms with Crippen LogP contribution in [0.3, 0.4) is 0 Å². The Kier molecular flexibility index (Phi) is 4.03. The van der Waals surface area contributed by atoms with Gasteiger partial charge in [0.05, 0.1) is 17.8 Å². The summed E-state index contributed by atoms with van der Waals surface area (Å²) >= 11 is 0. The van der Waals surface area contributed by atoms with Crippen molar-refractivity contribution in [2.24, 2.45) is 0 Å². The Morgan fingerprint density at radius 2 is 1.71 bits per heavy atom. The number of phenols is 2. The Labute approximate surface area is 119 Å². The molecule has 0 saturated carbocycles. The lowest BCUT2D eigenvalue weighted by molar-refractivity contribution is 0.0696. The number of aromatic hydroxyl groups is 2. The maximum atomic E-state index is 11.9. The van der Waals surface area contributed by atoms with Gasteiger partial charge in [0, 0.05) is 17.8 Å². The number of pyridine rings is 1. The van der Waals surface area contributed by atoms with Gasteiger partial charge in [-0.1, -0.05) is 0 Å². The second-order valence-electron chi connectivity index (χ2n) is 4.26. The first kappa shape index (κ1) is 14.3. The molecule has 2 rings (SSSR count). The van der Waals surface area contributed by atoms with Crippen molar-refractivity contribution in [3.8, 4) is 11.5 Å². The molecule has 108 valence electrons. The largest absolute Gasteiger partial charge is 0.508 e. The number of aromatic nitrogens is 1. The zero-order chi connectivity index (χ0) is 15.4. The number of carbonyl (C=O) groups excluding carboxylic acids is 1. The van der Waals surface area contributed by atoms with Crippen LogP contribution in [0, 0.1) is 0 Å². The number of rotatable bonds is 4. The predicted molar refractivity (Wildman–Crippen MR) is 72.1 cm³/mol. The Morgan fingerprint density at radius 3 is 2.33 bits per heavy atom. The quantitative estimate of drug-likeness (QED) is 0.669. The lowest BCUT2D eigenvalue weighted by Crippen LogP contribution is -2.23. The van der Waals surface area contributed by atoms with Crippen LogP contribution in [0.4, 0.5) is 0 Å². The highest BCUT2D eigenvalue weighted by atomic mass is 16.4. The first-order valence-electron chi connectivity index (χ1n) is 5.95. The van der Waals surface area contributed by atoms with Gasteiger partial charge in [0.2, 0.25) is 0 Å². The van der Waals surface area contributed by atoms with Gasteiger partial charge in [-0.25, -0.2) is 4.79 Å². The zero-order valence-corrected chi connectivity index (χ0v) is 10.8. The molecule has 1 heterocycles. The van der Waals surface area contributed by atoms with Crippen molar-refractivity contribution in [3.05, 3.63) is 53.3 Å². The highest BCUT2D eigenvalue weighted by Crippen LogP contribution is 2.20. The van der Waals surface area contributed by atoms with Gasteiger partial charge in [-0.3, -0.25) is 9.78 Å². The maximum absolute atomic E-state index is 11.9. The normalized spacial score (nSPS) is 10.1. The molecule has 4 N–H and O–H groups in total. The number of amides is 1. The van der Waals surface area contributed by atoms with Gasteiger partial charge in [0.25, 0.3) is 5.91 Å². The van der Waals surface area contributed by atoms with Crippen LogP contribution in [0.5, 0.6) is 11.5 Å². The van der Waals surface area contributed by atoms with Crippen molar-refractivity contribution >= 4 is 11.9 Å². The molecular formula is C14H12N2O5. The van der Waals surface area contributed by atoms with E-state index in [-0.39, 0.29) is 29.2 Å². The molecule has 1 aromatic heterocycles. The molecule has 7 heteroatoms. The minimum atomic E-state index is -1.08. The number of nitrogens with one attached hydrogen (secondary N) is 1. The molecule has 0 atom stereocenters. The van der Waals surface area contributed by atoms with Crippen LogP contribution in [0.1, 0.15) is 26.4 Å². The molecule has 2 aromatic rings. The van der Waals surface area contributed by atoms with Crippen LogP contribution >= 0.6 is 0 Å². The van der Waals surface area contributed by atoms with Gasteiger partial charge in [0.15, 0.2) is 0 Å². The van der Waals surface area contributed by atoms with E-state index in [1.54, 1.807) is 0 Å². The van der Waals surface area contributed by atoms with Gasteiger partial charge >= 0.3 is 5.97 Å². The highest BCUT2D eigenvalue weighted by molar-refractivity contribution is 5.95. The molecule has 0 spiro atoms. The monoisotopic (exact) mass is 288 g/mol. The third-order valence-electron chi connectivity index (χ3n) is 2.66. The summed E-state index contributed by atoms with van der Waals surface area (Å²) in [6.07, 6.45) is 1.34. The summed E-state index contributed by atoms with van der Waals surface area (Å²) in [5.41, 5.74) is 0.541. The summed E-state index contributed by atoms with van der Waals surface area (Å²) < 4.78 is 0. The van der Waals surface area contributed by atoms with Crippen LogP contribution < -0.4 is 5.32 Å². The van der Waals surface area contributed by atoms with Crippen LogP contribution in [-0.2, 0) is 6.54 Å². The summed E-state index contributed by atoms with van der Waals surface area (Å²) in [5.74, 6) is -2.07. The maximum Gasteiger partial charge on any atom is 0.335 e. The minimum Gasteiger partial charge on any atom is -0.508 e. The van der Waals surface area contributed by atoms with Gasteiger partial charge < -0.3 is 20.6 Å². The van der Waals surface area contributed by atoms with Gasteiger partial charge in [-0.05, 0) is 24.3 Å². The fourth-order valence-corrected chi connectivity index (χ4v) is 1.71. The van der Waals surface area contributed by atoms with Crippen molar-refractivity contribution in [2.45, 2.75) is 6.54 Å². The van der Waals surface area contributed by atoms with Crippen LogP contribution in [0.15, 0.2) is 36.5 Å². The third-order valence-corrected chi connectivity index (χ3v) is 2.66. The minimum absolute atomic E-state index is 0.0242. The molecule has 0 radical (unpaired) electrons. The second kappa shape index (κ2) is 5.91. The molecule has 0 saturated heterocycles. The van der Waals surface area contributed by atoms with E-state index in [2.05, 4.69) is 10.3 Å². The number of hydrogen-bond donors (Lipinski definition) is 4. The van der Waals surface area contributed by atoms with E-state index in [9.17, 15) is 19.8 Å². The fourth-order valence-electron chi connectivity index (χ4n) is 1.71. The molecule has 1 aromatic carbocycles. The molecular weight excluding hydrogens is 276 g/mol. The lowest BCUT2D eigenvalue weighted by atomic mass is 10.2. The van der Waals surface area contributed by atoms with E-state index >= 15 is 0 Å². The Hall–Kier alpha value is -3.09. The number of nitrogens with zero attached hydrogens (tertiary/aromatic N) is 1. The summed E-state index contributed by atoms with van der Waals surface area (Å²) in [6, 6.07) is 6.21. The smallest absolute Gasteiger partial charge is 0.335 e. The Bertz CT molecular complexity index is 679. The summed E-state index contributed by atoms with van der Waals surface area (Å²) in [6.45, 7) is 0.0242. The van der Waals surface area contributed by atoms with E-state index in [1.807, 2.05) is 0 Å². The van der Waals surface area contributed by atoms with E-state index in [0.717, 1.165) is 6.07 Å². The topological polar surface area (TPSA) is 120 Å². The van der Waals surface area contributed by atoms with E-state index in [1.165, 1.54) is 30.5 Å². The molecule has 0 aliphatic carbocycles. The van der Waals surface area contributed by atoms with E-state index < -0.39 is 11.9 Å². The molecule has 0 aliphatic heterocycles. The summed E-state index contributed by atoms with van der Waals surface area (Å²) in [7, 11) is 0. The fraction of sp³-hybridized carbons (Fsp3) is 0.0714. The van der Waals surface area contributed by atoms with Crippen molar-refractivity contribution in [1.82, 2.24) is 10.3 Å². The van der Waals surface area contributed by atoms with Crippen LogP contribution in [-0.4, -0.2) is 32.2 Å².